The van der Waals surface area contributed by atoms with Crippen LogP contribution in [0.1, 0.15) is 36.5 Å². The third-order valence-electron chi connectivity index (χ3n) is 3.55. The zero-order valence-corrected chi connectivity index (χ0v) is 15.5. The number of nitriles is 2. The Labute approximate surface area is 158 Å². The number of carbonyl (C=O) groups excluding carboxylic acids is 2. The molecule has 26 heavy (non-hydrogen) atoms. The zero-order chi connectivity index (χ0) is 19.5. The van der Waals surface area contributed by atoms with Crippen LogP contribution in [0, 0.1) is 22.7 Å². The van der Waals surface area contributed by atoms with Gasteiger partial charge in [-0.1, -0.05) is 0 Å². The number of nitrogens with zero attached hydrogens (tertiary/aromatic N) is 3. The lowest BCUT2D eigenvalue weighted by Gasteiger charge is -2.26. The van der Waals surface area contributed by atoms with Gasteiger partial charge < -0.3 is 15.0 Å². The smallest absolute Gasteiger partial charge is 0.225 e. The number of hydrogen-bond donors (Lipinski definition) is 1. The molecular weight excluding hydrogens is 356 g/mol. The van der Waals surface area contributed by atoms with Gasteiger partial charge in [0, 0.05) is 30.5 Å². The summed E-state index contributed by atoms with van der Waals surface area (Å²) in [4.78, 5) is 25.2. The fourth-order valence-corrected chi connectivity index (χ4v) is 2.52. The molecule has 138 valence electrons. The van der Waals surface area contributed by atoms with Crippen molar-refractivity contribution in [2.24, 2.45) is 0 Å². The highest BCUT2D eigenvalue weighted by Gasteiger charge is 2.18. The van der Waals surface area contributed by atoms with Crippen molar-refractivity contribution in [3.8, 4) is 17.9 Å². The van der Waals surface area contributed by atoms with E-state index in [0.717, 1.165) is 0 Å². The van der Waals surface area contributed by atoms with Crippen LogP contribution in [0.4, 0.5) is 11.4 Å². The van der Waals surface area contributed by atoms with E-state index in [2.05, 4.69) is 17.5 Å². The van der Waals surface area contributed by atoms with E-state index in [1.54, 1.807) is 13.0 Å². The van der Waals surface area contributed by atoms with Crippen LogP contribution in [-0.2, 0) is 4.79 Å². The number of anilines is 2. The van der Waals surface area contributed by atoms with Crippen molar-refractivity contribution in [1.82, 2.24) is 0 Å². The summed E-state index contributed by atoms with van der Waals surface area (Å²) in [7, 11) is 1.47. The molecule has 0 spiro atoms. The Bertz CT molecular complexity index is 704. The summed E-state index contributed by atoms with van der Waals surface area (Å²) in [5, 5.41) is 20.1. The molecule has 8 heteroatoms. The quantitative estimate of drug-likeness (QED) is 0.496. The Morgan fingerprint density at radius 1 is 1.35 bits per heavy atom. The van der Waals surface area contributed by atoms with Crippen LogP contribution in [0.25, 0.3) is 0 Å². The summed E-state index contributed by atoms with van der Waals surface area (Å²) in [6.45, 7) is 2.48. The van der Waals surface area contributed by atoms with Crippen molar-refractivity contribution in [3.05, 3.63) is 17.7 Å². The molecule has 1 aromatic carbocycles. The van der Waals surface area contributed by atoms with Gasteiger partial charge in [-0.3, -0.25) is 9.59 Å². The van der Waals surface area contributed by atoms with Gasteiger partial charge in [-0.05, 0) is 19.1 Å². The van der Waals surface area contributed by atoms with Gasteiger partial charge >= 0.3 is 0 Å². The Hall–Kier alpha value is -2.77. The molecule has 1 aromatic rings. The topological polar surface area (TPSA) is 106 Å². The average molecular weight is 377 g/mol. The van der Waals surface area contributed by atoms with Crippen LogP contribution >= 0.6 is 11.6 Å². The highest BCUT2D eigenvalue weighted by Crippen LogP contribution is 2.34. The van der Waals surface area contributed by atoms with E-state index in [-0.39, 0.29) is 36.1 Å². The first-order valence-electron chi connectivity index (χ1n) is 8.06. The molecule has 0 radical (unpaired) electrons. The van der Waals surface area contributed by atoms with Crippen molar-refractivity contribution >= 4 is 35.2 Å². The van der Waals surface area contributed by atoms with Gasteiger partial charge in [-0.25, -0.2) is 0 Å². The molecule has 0 saturated heterocycles. The first kappa shape index (κ1) is 21.3. The maximum absolute atomic E-state index is 12.0. The minimum absolute atomic E-state index is 0.105. The number of hydrogen-bond acceptors (Lipinski definition) is 6. The Morgan fingerprint density at radius 2 is 1.96 bits per heavy atom. The van der Waals surface area contributed by atoms with E-state index in [0.29, 0.717) is 36.5 Å². The van der Waals surface area contributed by atoms with E-state index in [1.807, 2.05) is 4.90 Å². The first-order chi connectivity index (χ1) is 12.5. The van der Waals surface area contributed by atoms with Crippen LogP contribution in [0.15, 0.2) is 12.1 Å². The second-order valence-electron chi connectivity index (χ2n) is 5.57. The largest absolute Gasteiger partial charge is 0.495 e. The number of methoxy groups -OCH3 is 1. The lowest BCUT2D eigenvalue weighted by Crippen LogP contribution is -2.26. The number of benzene rings is 1. The van der Waals surface area contributed by atoms with Crippen LogP contribution in [0.3, 0.4) is 0 Å². The van der Waals surface area contributed by atoms with Gasteiger partial charge in [-0.2, -0.15) is 10.5 Å². The SMILES string of the molecule is COc1cc(C=O)c(NC(=O)CC(C)Cl)cc1N(CCC#N)CCC#N. The van der Waals surface area contributed by atoms with Crippen molar-refractivity contribution in [2.45, 2.75) is 31.6 Å². The number of halogens is 1. The molecule has 0 aliphatic rings. The highest BCUT2D eigenvalue weighted by molar-refractivity contribution is 6.21. The van der Waals surface area contributed by atoms with Crippen molar-refractivity contribution in [2.75, 3.05) is 30.4 Å². The van der Waals surface area contributed by atoms with Gasteiger partial charge in [0.05, 0.1) is 43.5 Å². The number of ether oxygens (including phenoxy) is 1. The number of carbonyl (C=O) groups is 2. The van der Waals surface area contributed by atoms with Gasteiger partial charge in [0.15, 0.2) is 6.29 Å². The summed E-state index contributed by atoms with van der Waals surface area (Å²) in [5.41, 5.74) is 1.19. The van der Waals surface area contributed by atoms with E-state index in [9.17, 15) is 9.59 Å². The molecule has 0 bridgehead atoms. The lowest BCUT2D eigenvalue weighted by atomic mass is 10.1. The molecule has 1 atom stereocenters. The fourth-order valence-electron chi connectivity index (χ4n) is 2.38. The number of rotatable bonds is 10. The van der Waals surface area contributed by atoms with Crippen molar-refractivity contribution < 1.29 is 14.3 Å². The number of aldehydes is 1. The third kappa shape index (κ3) is 6.27. The summed E-state index contributed by atoms with van der Waals surface area (Å²) in [6.07, 6.45) is 1.25. The number of nitrogens with one attached hydrogen (secondary N) is 1. The molecule has 0 aliphatic heterocycles. The van der Waals surface area contributed by atoms with E-state index in [4.69, 9.17) is 26.9 Å². The van der Waals surface area contributed by atoms with Crippen LogP contribution < -0.4 is 15.0 Å². The van der Waals surface area contributed by atoms with Crippen LogP contribution in [0.2, 0.25) is 0 Å². The second kappa shape index (κ2) is 11.0. The van der Waals surface area contributed by atoms with E-state index < -0.39 is 0 Å². The highest BCUT2D eigenvalue weighted by atomic mass is 35.5. The Morgan fingerprint density at radius 3 is 2.42 bits per heavy atom. The Balaban J connectivity index is 3.28. The van der Waals surface area contributed by atoms with Crippen molar-refractivity contribution in [1.29, 1.82) is 10.5 Å². The number of amides is 1. The minimum atomic E-state index is -0.338. The van der Waals surface area contributed by atoms with E-state index in [1.165, 1.54) is 13.2 Å². The molecule has 1 amide bonds. The normalized spacial score (nSPS) is 11.0. The molecule has 0 aromatic heterocycles. The Kier molecular flexibility index (Phi) is 8.97. The van der Waals surface area contributed by atoms with E-state index >= 15 is 0 Å². The summed E-state index contributed by atoms with van der Waals surface area (Å²) >= 11 is 5.84. The molecule has 7 nitrogen and oxygen atoms in total. The second-order valence-corrected chi connectivity index (χ2v) is 6.31. The molecule has 1 unspecified atom stereocenters. The maximum Gasteiger partial charge on any atom is 0.225 e. The van der Waals surface area contributed by atoms with Gasteiger partial charge in [-0.15, -0.1) is 11.6 Å². The average Bonchev–Trinajstić information content (AvgIpc) is 2.61. The maximum atomic E-state index is 12.0. The number of alkyl halides is 1. The van der Waals surface area contributed by atoms with Crippen molar-refractivity contribution in [3.63, 3.8) is 0 Å². The summed E-state index contributed by atoms with van der Waals surface area (Å²) in [6, 6.07) is 7.27. The zero-order valence-electron chi connectivity index (χ0n) is 14.8. The minimum Gasteiger partial charge on any atom is -0.495 e. The molecule has 0 fully saturated rings. The predicted octanol–water partition coefficient (Wildman–Crippen LogP) is 3.10. The van der Waals surface area contributed by atoms with Gasteiger partial charge in [0.25, 0.3) is 0 Å². The summed E-state index contributed by atoms with van der Waals surface area (Å²) in [5.74, 6) is 0.110. The van der Waals surface area contributed by atoms with Crippen LogP contribution in [-0.4, -0.2) is 37.8 Å². The van der Waals surface area contributed by atoms with Crippen LogP contribution in [0.5, 0.6) is 5.75 Å². The molecule has 0 saturated carbocycles. The molecule has 1 N–H and O–H groups in total. The molecule has 0 aliphatic carbocycles. The molecule has 1 rings (SSSR count). The monoisotopic (exact) mass is 376 g/mol. The van der Waals surface area contributed by atoms with Gasteiger partial charge in [0.1, 0.15) is 5.75 Å². The lowest BCUT2D eigenvalue weighted by molar-refractivity contribution is -0.116. The third-order valence-corrected chi connectivity index (χ3v) is 3.70. The molecular formula is C18H21ClN4O3. The first-order valence-corrected chi connectivity index (χ1v) is 8.50. The summed E-state index contributed by atoms with van der Waals surface area (Å²) < 4.78 is 5.35. The standard InChI is InChI=1S/C18H21ClN4O3/c1-13(19)9-18(25)22-15-11-16(17(26-2)10-14(15)12-24)23(7-3-5-20)8-4-6-21/h10-13H,3-4,7-9H2,1-2H3,(H,22,25). The predicted molar refractivity (Wildman–Crippen MR) is 99.6 cm³/mol. The van der Waals surface area contributed by atoms with Gasteiger partial charge in [0.2, 0.25) is 5.91 Å². The fraction of sp³-hybridized carbons (Fsp3) is 0.444. The molecule has 0 heterocycles.